The van der Waals surface area contributed by atoms with E-state index in [2.05, 4.69) is 58.6 Å². The van der Waals surface area contributed by atoms with E-state index in [0.29, 0.717) is 13.0 Å². The predicted molar refractivity (Wildman–Crippen MR) is 106 cm³/mol. The van der Waals surface area contributed by atoms with Crippen molar-refractivity contribution < 1.29 is 4.79 Å². The van der Waals surface area contributed by atoms with Crippen LogP contribution in [0, 0.1) is 6.92 Å². The molecule has 0 bridgehead atoms. The highest BCUT2D eigenvalue weighted by Crippen LogP contribution is 2.14. The van der Waals surface area contributed by atoms with Crippen LogP contribution in [0.1, 0.15) is 25.8 Å². The van der Waals surface area contributed by atoms with Crippen molar-refractivity contribution in [3.8, 4) is 0 Å². The van der Waals surface area contributed by atoms with Gasteiger partial charge in [-0.25, -0.2) is 0 Å². The van der Waals surface area contributed by atoms with Crippen molar-refractivity contribution in [3.63, 3.8) is 0 Å². The molecule has 0 saturated heterocycles. The summed E-state index contributed by atoms with van der Waals surface area (Å²) >= 11 is 0. The van der Waals surface area contributed by atoms with Gasteiger partial charge in [-0.1, -0.05) is 12.1 Å². The van der Waals surface area contributed by atoms with Crippen molar-refractivity contribution in [1.29, 1.82) is 0 Å². The molecule has 1 amide bonds. The zero-order chi connectivity index (χ0) is 18.7. The van der Waals surface area contributed by atoms with Gasteiger partial charge in [0, 0.05) is 52.4 Å². The molecule has 0 atom stereocenters. The number of carbonyl (C=O) groups excluding carboxylic acids is 1. The van der Waals surface area contributed by atoms with Gasteiger partial charge in [-0.05, 0) is 38.5 Å². The summed E-state index contributed by atoms with van der Waals surface area (Å²) < 4.78 is 0. The third-order valence-electron chi connectivity index (χ3n) is 3.86. The molecule has 0 aliphatic rings. The van der Waals surface area contributed by atoms with E-state index in [1.807, 2.05) is 6.92 Å². The number of amides is 1. The molecule has 0 spiro atoms. The first-order chi connectivity index (χ1) is 12.0. The van der Waals surface area contributed by atoms with Crippen LogP contribution in [0.5, 0.6) is 0 Å². The van der Waals surface area contributed by atoms with Gasteiger partial charge in [-0.2, -0.15) is 0 Å². The normalized spacial score (nSPS) is 11.2. The van der Waals surface area contributed by atoms with Crippen molar-refractivity contribution in [3.05, 3.63) is 29.8 Å². The number of anilines is 1. The lowest BCUT2D eigenvalue weighted by Gasteiger charge is -2.24. The fraction of sp³-hybridized carbons (Fsp3) is 0.579. The van der Waals surface area contributed by atoms with Crippen LogP contribution in [0.25, 0.3) is 0 Å². The molecular formula is C19H33N5O. The van der Waals surface area contributed by atoms with E-state index in [4.69, 9.17) is 0 Å². The maximum atomic E-state index is 11.6. The van der Waals surface area contributed by atoms with Gasteiger partial charge in [0.25, 0.3) is 0 Å². The number of likely N-dealkylation sites (N-methyl/N-ethyl adjacent to an activating group) is 1. The van der Waals surface area contributed by atoms with Crippen molar-refractivity contribution >= 4 is 17.6 Å². The van der Waals surface area contributed by atoms with Crippen molar-refractivity contribution in [2.45, 2.75) is 27.2 Å². The topological polar surface area (TPSA) is 60.0 Å². The van der Waals surface area contributed by atoms with E-state index in [1.54, 1.807) is 19.0 Å². The van der Waals surface area contributed by atoms with Crippen LogP contribution in [0.4, 0.5) is 5.69 Å². The molecule has 0 aromatic heterocycles. The Morgan fingerprint density at radius 3 is 2.56 bits per heavy atom. The summed E-state index contributed by atoms with van der Waals surface area (Å²) in [6.07, 6.45) is 0.425. The van der Waals surface area contributed by atoms with Gasteiger partial charge < -0.3 is 20.4 Å². The number of nitrogens with one attached hydrogen (secondary N) is 2. The molecule has 0 saturated carbocycles. The van der Waals surface area contributed by atoms with E-state index in [0.717, 1.165) is 32.1 Å². The molecule has 0 unspecified atom stereocenters. The molecule has 1 aromatic rings. The molecule has 0 aliphatic carbocycles. The van der Waals surface area contributed by atoms with Gasteiger partial charge in [0.15, 0.2) is 5.96 Å². The Labute approximate surface area is 152 Å². The van der Waals surface area contributed by atoms with E-state index < -0.39 is 0 Å². The van der Waals surface area contributed by atoms with Crippen molar-refractivity contribution in [1.82, 2.24) is 15.5 Å². The predicted octanol–water partition coefficient (Wildman–Crippen LogP) is 1.85. The van der Waals surface area contributed by atoms with E-state index in [1.165, 1.54) is 11.3 Å². The maximum absolute atomic E-state index is 11.6. The van der Waals surface area contributed by atoms with Crippen LogP contribution < -0.4 is 15.5 Å². The molecule has 0 fully saturated rings. The second-order valence-electron chi connectivity index (χ2n) is 6.14. The minimum Gasteiger partial charge on any atom is -0.370 e. The molecule has 0 heterocycles. The van der Waals surface area contributed by atoms with Gasteiger partial charge in [-0.3, -0.25) is 9.79 Å². The standard InChI is InChI=1S/C19H33N5O/c1-6-20-19(21-12-11-18(25)23(4)5)22-13-14-24(7-2)17-10-8-9-16(3)15-17/h8-10,15H,6-7,11-14H2,1-5H3,(H2,20,21,22). The molecule has 1 rings (SSSR count). The zero-order valence-electron chi connectivity index (χ0n) is 16.3. The van der Waals surface area contributed by atoms with Crippen LogP contribution in [-0.2, 0) is 4.79 Å². The first kappa shape index (κ1) is 20.8. The molecule has 25 heavy (non-hydrogen) atoms. The van der Waals surface area contributed by atoms with Crippen molar-refractivity contribution in [2.75, 3.05) is 51.7 Å². The average molecular weight is 348 g/mol. The number of hydrogen-bond acceptors (Lipinski definition) is 3. The third-order valence-corrected chi connectivity index (χ3v) is 3.86. The van der Waals surface area contributed by atoms with Crippen LogP contribution in [0.3, 0.4) is 0 Å². The number of rotatable bonds is 9. The van der Waals surface area contributed by atoms with Crippen molar-refractivity contribution in [2.24, 2.45) is 4.99 Å². The molecule has 2 N–H and O–H groups in total. The number of benzene rings is 1. The number of guanidine groups is 1. The smallest absolute Gasteiger partial charge is 0.223 e. The molecule has 6 nitrogen and oxygen atoms in total. The Bertz CT molecular complexity index is 557. The summed E-state index contributed by atoms with van der Waals surface area (Å²) in [4.78, 5) is 20.0. The zero-order valence-corrected chi connectivity index (χ0v) is 16.3. The van der Waals surface area contributed by atoms with Gasteiger partial charge in [0.1, 0.15) is 0 Å². The lowest BCUT2D eigenvalue weighted by atomic mass is 10.2. The lowest BCUT2D eigenvalue weighted by Crippen LogP contribution is -2.42. The van der Waals surface area contributed by atoms with Crippen LogP contribution in [0.2, 0.25) is 0 Å². The molecule has 6 heteroatoms. The molecule has 0 radical (unpaired) electrons. The van der Waals surface area contributed by atoms with Crippen LogP contribution in [-0.4, -0.2) is 63.6 Å². The number of aliphatic imine (C=N–C) groups is 1. The summed E-state index contributed by atoms with van der Waals surface area (Å²) in [5.41, 5.74) is 2.51. The maximum Gasteiger partial charge on any atom is 0.223 e. The monoisotopic (exact) mass is 347 g/mol. The first-order valence-electron chi connectivity index (χ1n) is 9.01. The fourth-order valence-electron chi connectivity index (χ4n) is 2.43. The van der Waals surface area contributed by atoms with Gasteiger partial charge >= 0.3 is 0 Å². The summed E-state index contributed by atoms with van der Waals surface area (Å²) in [5.74, 6) is 0.852. The Kier molecular flexibility index (Phi) is 9.43. The minimum absolute atomic E-state index is 0.0937. The largest absolute Gasteiger partial charge is 0.370 e. The Morgan fingerprint density at radius 2 is 1.96 bits per heavy atom. The number of hydrogen-bond donors (Lipinski definition) is 2. The second kappa shape index (κ2) is 11.3. The van der Waals surface area contributed by atoms with Gasteiger partial charge in [-0.15, -0.1) is 0 Å². The number of carbonyl (C=O) groups is 1. The van der Waals surface area contributed by atoms with E-state index >= 15 is 0 Å². The summed E-state index contributed by atoms with van der Waals surface area (Å²) in [5, 5.41) is 6.57. The number of aryl methyl sites for hydroxylation is 1. The summed E-state index contributed by atoms with van der Waals surface area (Å²) in [6.45, 7) is 10.2. The molecule has 1 aromatic carbocycles. The fourth-order valence-corrected chi connectivity index (χ4v) is 2.43. The summed E-state index contributed by atoms with van der Waals surface area (Å²) in [6, 6.07) is 8.55. The third kappa shape index (κ3) is 7.92. The second-order valence-corrected chi connectivity index (χ2v) is 6.14. The van der Waals surface area contributed by atoms with Gasteiger partial charge in [0.2, 0.25) is 5.91 Å². The highest BCUT2D eigenvalue weighted by molar-refractivity contribution is 5.80. The number of nitrogens with zero attached hydrogens (tertiary/aromatic N) is 3. The highest BCUT2D eigenvalue weighted by atomic mass is 16.2. The average Bonchev–Trinajstić information content (AvgIpc) is 2.58. The Balaban J connectivity index is 2.51. The SMILES string of the molecule is CCNC(=NCCC(=O)N(C)C)NCCN(CC)c1cccc(C)c1. The molecule has 140 valence electrons. The van der Waals surface area contributed by atoms with Crippen LogP contribution in [0.15, 0.2) is 29.3 Å². The Hall–Kier alpha value is -2.24. The molecule has 0 aliphatic heterocycles. The van der Waals surface area contributed by atoms with E-state index in [9.17, 15) is 4.79 Å². The first-order valence-corrected chi connectivity index (χ1v) is 9.01. The Morgan fingerprint density at radius 1 is 1.20 bits per heavy atom. The van der Waals surface area contributed by atoms with E-state index in [-0.39, 0.29) is 5.91 Å². The molecular weight excluding hydrogens is 314 g/mol. The van der Waals surface area contributed by atoms with Crippen LogP contribution >= 0.6 is 0 Å². The summed E-state index contributed by atoms with van der Waals surface area (Å²) in [7, 11) is 3.53. The van der Waals surface area contributed by atoms with Gasteiger partial charge in [0.05, 0.1) is 6.54 Å². The minimum atomic E-state index is 0.0937. The lowest BCUT2D eigenvalue weighted by molar-refractivity contribution is -0.128. The highest BCUT2D eigenvalue weighted by Gasteiger charge is 2.06. The quantitative estimate of drug-likeness (QED) is 0.529.